The average molecular weight is 567 g/mol. The lowest BCUT2D eigenvalue weighted by Gasteiger charge is -2.23. The van der Waals surface area contributed by atoms with Crippen molar-refractivity contribution in [3.63, 3.8) is 0 Å². The van der Waals surface area contributed by atoms with Crippen LogP contribution in [0.3, 0.4) is 0 Å². The Hall–Kier alpha value is -3.69. The fourth-order valence-electron chi connectivity index (χ4n) is 4.54. The summed E-state index contributed by atoms with van der Waals surface area (Å²) in [6.07, 6.45) is 0.739. The number of carbonyl (C=O) groups is 2. The summed E-state index contributed by atoms with van der Waals surface area (Å²) in [6, 6.07) is 19.8. The number of amides is 2. The summed E-state index contributed by atoms with van der Waals surface area (Å²) >= 11 is 7.81. The molecule has 2 heterocycles. The standard InChI is InChI=1S/C29H25ClF2N4O2S/c1-2-14-33-24(37)16-35-25(38)17-39-28(20-13-12-19(31)15-22(20)32)26-27(18-8-4-3-5-9-18)34-36(29(26)35)23-11-7-6-10-21(23)30/h3-13,15,28H,2,14,16-17H2,1H3,(H,33,37)/t28-/m1/s1. The van der Waals surface area contributed by atoms with Gasteiger partial charge in [-0.15, -0.1) is 11.8 Å². The number of para-hydroxylation sites is 1. The zero-order valence-corrected chi connectivity index (χ0v) is 22.6. The van der Waals surface area contributed by atoms with Crippen LogP contribution in [0.4, 0.5) is 14.6 Å². The van der Waals surface area contributed by atoms with Crippen LogP contribution in [0.5, 0.6) is 0 Å². The number of carbonyl (C=O) groups excluding carboxylic acids is 2. The number of nitrogens with one attached hydrogen (secondary N) is 1. The number of benzene rings is 3. The first kappa shape index (κ1) is 26.9. The van der Waals surface area contributed by atoms with E-state index in [9.17, 15) is 14.0 Å². The molecule has 1 aliphatic heterocycles. The normalized spacial score (nSPS) is 15.1. The van der Waals surface area contributed by atoms with Crippen LogP contribution in [-0.2, 0) is 9.59 Å². The van der Waals surface area contributed by atoms with Gasteiger partial charge in [-0.3, -0.25) is 14.5 Å². The van der Waals surface area contributed by atoms with Gasteiger partial charge in [0.25, 0.3) is 0 Å². The highest BCUT2D eigenvalue weighted by atomic mass is 35.5. The van der Waals surface area contributed by atoms with E-state index in [4.69, 9.17) is 16.7 Å². The molecule has 3 aromatic carbocycles. The van der Waals surface area contributed by atoms with Crippen LogP contribution in [0.25, 0.3) is 16.9 Å². The van der Waals surface area contributed by atoms with E-state index >= 15 is 4.39 Å². The first-order valence-electron chi connectivity index (χ1n) is 12.5. The van der Waals surface area contributed by atoms with Gasteiger partial charge in [0, 0.05) is 29.3 Å². The zero-order valence-electron chi connectivity index (χ0n) is 21.0. The molecule has 0 fully saturated rings. The van der Waals surface area contributed by atoms with Crippen LogP contribution < -0.4 is 10.2 Å². The molecule has 200 valence electrons. The number of hydrogen-bond donors (Lipinski definition) is 1. The van der Waals surface area contributed by atoms with Crippen molar-refractivity contribution in [1.29, 1.82) is 0 Å². The maximum absolute atomic E-state index is 15.3. The van der Waals surface area contributed by atoms with Gasteiger partial charge < -0.3 is 5.32 Å². The molecule has 39 heavy (non-hydrogen) atoms. The molecule has 1 aliphatic rings. The molecule has 10 heteroatoms. The van der Waals surface area contributed by atoms with Crippen molar-refractivity contribution in [2.24, 2.45) is 0 Å². The SMILES string of the molecule is CCCNC(=O)CN1C(=O)CS[C@H](c2ccc(F)cc2F)c2c(-c3ccccc3)nn(-c3ccccc3Cl)c21. The summed E-state index contributed by atoms with van der Waals surface area (Å²) in [4.78, 5) is 27.9. The second kappa shape index (κ2) is 11.6. The van der Waals surface area contributed by atoms with Gasteiger partial charge in [-0.05, 0) is 24.6 Å². The molecule has 0 saturated carbocycles. The van der Waals surface area contributed by atoms with Crippen molar-refractivity contribution in [2.75, 3.05) is 23.7 Å². The largest absolute Gasteiger partial charge is 0.355 e. The highest BCUT2D eigenvalue weighted by molar-refractivity contribution is 8.00. The van der Waals surface area contributed by atoms with Crippen molar-refractivity contribution in [3.8, 4) is 16.9 Å². The predicted octanol–water partition coefficient (Wildman–Crippen LogP) is 6.17. The molecule has 0 radical (unpaired) electrons. The summed E-state index contributed by atoms with van der Waals surface area (Å²) in [6.45, 7) is 2.15. The number of aromatic nitrogens is 2. The number of halogens is 3. The average Bonchev–Trinajstić information content (AvgIpc) is 3.25. The number of fused-ring (bicyclic) bond motifs is 1. The third kappa shape index (κ3) is 5.42. The highest BCUT2D eigenvalue weighted by Gasteiger charge is 2.38. The number of rotatable bonds is 7. The predicted molar refractivity (Wildman–Crippen MR) is 150 cm³/mol. The Bertz CT molecular complexity index is 1530. The van der Waals surface area contributed by atoms with Gasteiger partial charge in [0.15, 0.2) is 0 Å². The summed E-state index contributed by atoms with van der Waals surface area (Å²) in [5.41, 5.74) is 2.47. The van der Waals surface area contributed by atoms with E-state index in [1.165, 1.54) is 28.8 Å². The molecular weight excluding hydrogens is 542 g/mol. The number of thioether (sulfide) groups is 1. The van der Waals surface area contributed by atoms with Crippen molar-refractivity contribution in [2.45, 2.75) is 18.6 Å². The molecular formula is C29H25ClF2N4O2S. The Balaban J connectivity index is 1.82. The van der Waals surface area contributed by atoms with Crippen LogP contribution in [-0.4, -0.2) is 40.4 Å². The maximum atomic E-state index is 15.3. The first-order valence-corrected chi connectivity index (χ1v) is 13.9. The van der Waals surface area contributed by atoms with E-state index in [0.717, 1.165) is 18.1 Å². The first-order chi connectivity index (χ1) is 18.9. The highest BCUT2D eigenvalue weighted by Crippen LogP contribution is 2.49. The Morgan fingerprint density at radius 3 is 2.56 bits per heavy atom. The summed E-state index contributed by atoms with van der Waals surface area (Å²) in [5.74, 6) is -1.82. The lowest BCUT2D eigenvalue weighted by Crippen LogP contribution is -2.42. The van der Waals surface area contributed by atoms with Crippen molar-refractivity contribution in [3.05, 3.63) is 101 Å². The van der Waals surface area contributed by atoms with Gasteiger partial charge in [-0.2, -0.15) is 5.10 Å². The molecule has 1 N–H and O–H groups in total. The van der Waals surface area contributed by atoms with Gasteiger partial charge in [0.05, 0.1) is 27.4 Å². The van der Waals surface area contributed by atoms with E-state index in [-0.39, 0.29) is 29.7 Å². The Morgan fingerprint density at radius 1 is 1.10 bits per heavy atom. The van der Waals surface area contributed by atoms with E-state index < -0.39 is 16.9 Å². The number of nitrogens with zero attached hydrogens (tertiary/aromatic N) is 3. The Kier molecular flexibility index (Phi) is 7.99. The minimum absolute atomic E-state index is 0.0338. The van der Waals surface area contributed by atoms with Crippen LogP contribution in [0, 0.1) is 11.6 Å². The molecule has 0 aliphatic carbocycles. The number of anilines is 1. The van der Waals surface area contributed by atoms with E-state index in [1.807, 2.05) is 37.3 Å². The smallest absolute Gasteiger partial charge is 0.240 e. The van der Waals surface area contributed by atoms with Crippen molar-refractivity contribution in [1.82, 2.24) is 15.1 Å². The van der Waals surface area contributed by atoms with Gasteiger partial charge >= 0.3 is 0 Å². The molecule has 0 unspecified atom stereocenters. The van der Waals surface area contributed by atoms with E-state index in [2.05, 4.69) is 5.32 Å². The van der Waals surface area contributed by atoms with E-state index in [0.29, 0.717) is 34.3 Å². The molecule has 1 aromatic heterocycles. The monoisotopic (exact) mass is 566 g/mol. The lowest BCUT2D eigenvalue weighted by molar-refractivity contribution is -0.122. The molecule has 6 nitrogen and oxygen atoms in total. The van der Waals surface area contributed by atoms with Crippen LogP contribution >= 0.6 is 23.4 Å². The summed E-state index contributed by atoms with van der Waals surface area (Å²) < 4.78 is 30.7. The second-order valence-corrected chi connectivity index (χ2v) is 10.5. The molecule has 0 spiro atoms. The van der Waals surface area contributed by atoms with Crippen LogP contribution in [0.1, 0.15) is 29.7 Å². The number of hydrogen-bond acceptors (Lipinski definition) is 4. The fraction of sp³-hybridized carbons (Fsp3) is 0.207. The quantitative estimate of drug-likeness (QED) is 0.291. The Labute approximate surface area is 234 Å². The molecule has 2 amide bonds. The van der Waals surface area contributed by atoms with Crippen LogP contribution in [0.2, 0.25) is 5.02 Å². The molecule has 0 bridgehead atoms. The van der Waals surface area contributed by atoms with Gasteiger partial charge in [-0.25, -0.2) is 13.5 Å². The second-order valence-electron chi connectivity index (χ2n) is 9.00. The van der Waals surface area contributed by atoms with Gasteiger partial charge in [-0.1, -0.05) is 67.1 Å². The third-order valence-corrected chi connectivity index (χ3v) is 7.89. The molecule has 4 aromatic rings. The van der Waals surface area contributed by atoms with Gasteiger partial charge in [0.1, 0.15) is 24.0 Å². The fourth-order valence-corrected chi connectivity index (χ4v) is 5.98. The maximum Gasteiger partial charge on any atom is 0.240 e. The topological polar surface area (TPSA) is 67.2 Å². The van der Waals surface area contributed by atoms with Crippen molar-refractivity contribution >= 4 is 41.0 Å². The molecule has 0 saturated heterocycles. The Morgan fingerprint density at radius 2 is 1.85 bits per heavy atom. The molecule has 5 rings (SSSR count). The molecule has 1 atom stereocenters. The van der Waals surface area contributed by atoms with Crippen LogP contribution in [0.15, 0.2) is 72.8 Å². The van der Waals surface area contributed by atoms with Crippen molar-refractivity contribution < 1.29 is 18.4 Å². The summed E-state index contributed by atoms with van der Waals surface area (Å²) in [7, 11) is 0. The van der Waals surface area contributed by atoms with Gasteiger partial charge in [0.2, 0.25) is 11.8 Å². The summed E-state index contributed by atoms with van der Waals surface area (Å²) in [5, 5.41) is 7.39. The minimum Gasteiger partial charge on any atom is -0.355 e. The minimum atomic E-state index is -0.732. The van der Waals surface area contributed by atoms with E-state index in [1.54, 1.807) is 28.9 Å². The third-order valence-electron chi connectivity index (χ3n) is 6.34. The zero-order chi connectivity index (χ0) is 27.5. The lowest BCUT2D eigenvalue weighted by atomic mass is 9.99.